The molecule has 0 aliphatic rings. The summed E-state index contributed by atoms with van der Waals surface area (Å²) in [4.78, 5) is 0. The van der Waals surface area contributed by atoms with Crippen LogP contribution in [0.5, 0.6) is 0 Å². The van der Waals surface area contributed by atoms with Gasteiger partial charge in [0, 0.05) is 10.8 Å². The van der Waals surface area contributed by atoms with Crippen LogP contribution in [-0.2, 0) is 0 Å². The van der Waals surface area contributed by atoms with Crippen molar-refractivity contribution >= 4 is 28.0 Å². The smallest absolute Gasteiger partial charge is 0.188 e. The van der Waals surface area contributed by atoms with Crippen LogP contribution in [-0.4, -0.2) is 19.8 Å². The van der Waals surface area contributed by atoms with E-state index in [4.69, 9.17) is 11.6 Å². The van der Waals surface area contributed by atoms with Gasteiger partial charge in [0.1, 0.15) is 5.82 Å². The van der Waals surface area contributed by atoms with E-state index in [0.29, 0.717) is 22.2 Å². The number of fused-ring (bicyclic) bond motifs is 3. The van der Waals surface area contributed by atoms with Crippen LogP contribution >= 0.6 is 11.6 Å². The Morgan fingerprint density at radius 2 is 1.62 bits per heavy atom. The molecule has 0 saturated heterocycles. The molecule has 0 saturated carbocycles. The molecule has 2 heterocycles. The number of nitrogens with zero attached hydrogens (tertiary/aromatic N) is 4. The van der Waals surface area contributed by atoms with Crippen molar-refractivity contribution in [2.45, 2.75) is 0 Å². The molecule has 0 atom stereocenters. The van der Waals surface area contributed by atoms with E-state index in [1.165, 1.54) is 10.6 Å². The fraction of sp³-hybridized carbons (Fsp3) is 0. The van der Waals surface area contributed by atoms with E-state index in [1.54, 1.807) is 18.2 Å². The fourth-order valence-corrected chi connectivity index (χ4v) is 2.59. The third-order valence-corrected chi connectivity index (χ3v) is 3.61. The third-order valence-electron chi connectivity index (χ3n) is 3.33. The highest BCUT2D eigenvalue weighted by Gasteiger charge is 2.16. The van der Waals surface area contributed by atoms with Crippen LogP contribution in [0, 0.1) is 5.82 Å². The lowest BCUT2D eigenvalue weighted by Crippen LogP contribution is -1.98. The Morgan fingerprint density at radius 1 is 0.905 bits per heavy atom. The first-order chi connectivity index (χ1) is 10.3. The van der Waals surface area contributed by atoms with Crippen molar-refractivity contribution < 1.29 is 4.39 Å². The lowest BCUT2D eigenvalue weighted by molar-refractivity contribution is 0.629. The van der Waals surface area contributed by atoms with Gasteiger partial charge in [-0.15, -0.1) is 10.2 Å². The van der Waals surface area contributed by atoms with E-state index in [0.717, 1.165) is 10.8 Å². The summed E-state index contributed by atoms with van der Waals surface area (Å²) in [7, 11) is 0. The van der Waals surface area contributed by atoms with Crippen molar-refractivity contribution in [2.24, 2.45) is 0 Å². The topological polar surface area (TPSA) is 43.1 Å². The van der Waals surface area contributed by atoms with E-state index in [9.17, 15) is 4.39 Å². The first-order valence-corrected chi connectivity index (χ1v) is 6.68. The van der Waals surface area contributed by atoms with Gasteiger partial charge in [-0.2, -0.15) is 9.61 Å². The van der Waals surface area contributed by atoms with Crippen molar-refractivity contribution in [1.29, 1.82) is 0 Å². The zero-order valence-electron chi connectivity index (χ0n) is 10.7. The van der Waals surface area contributed by atoms with E-state index in [1.807, 2.05) is 24.3 Å². The van der Waals surface area contributed by atoms with Crippen LogP contribution < -0.4 is 0 Å². The quantitative estimate of drug-likeness (QED) is 0.538. The zero-order chi connectivity index (χ0) is 14.4. The van der Waals surface area contributed by atoms with E-state index in [-0.39, 0.29) is 5.82 Å². The molecule has 0 spiro atoms. The lowest BCUT2D eigenvalue weighted by atomic mass is 10.2. The minimum Gasteiger partial charge on any atom is -0.206 e. The fourth-order valence-electron chi connectivity index (χ4n) is 2.35. The highest BCUT2D eigenvalue weighted by molar-refractivity contribution is 6.34. The van der Waals surface area contributed by atoms with Gasteiger partial charge in [0.2, 0.25) is 0 Å². The Hall–Kier alpha value is -2.53. The highest BCUT2D eigenvalue weighted by atomic mass is 35.5. The van der Waals surface area contributed by atoms with Gasteiger partial charge in [-0.3, -0.25) is 0 Å². The molecule has 0 amide bonds. The van der Waals surface area contributed by atoms with E-state index < -0.39 is 0 Å². The summed E-state index contributed by atoms with van der Waals surface area (Å²) in [6, 6.07) is 13.9. The molecule has 2 aromatic heterocycles. The predicted molar refractivity (Wildman–Crippen MR) is 78.7 cm³/mol. The maximum absolute atomic E-state index is 14.0. The normalized spacial score (nSPS) is 11.3. The molecule has 4 rings (SSSR count). The van der Waals surface area contributed by atoms with Crippen LogP contribution in [0.15, 0.2) is 48.5 Å². The second-order valence-electron chi connectivity index (χ2n) is 4.58. The van der Waals surface area contributed by atoms with Crippen LogP contribution in [0.2, 0.25) is 5.15 Å². The molecule has 0 unspecified atom stereocenters. The maximum Gasteiger partial charge on any atom is 0.188 e. The standard InChI is InChI=1S/C15H8ClFN4/c16-13-9-5-1-2-6-10(9)14-18-19-15(21(14)20-13)11-7-3-4-8-12(11)17/h1-8H. The molecule has 0 radical (unpaired) electrons. The molecule has 0 aliphatic carbocycles. The Labute approximate surface area is 123 Å². The van der Waals surface area contributed by atoms with Gasteiger partial charge in [0.25, 0.3) is 0 Å². The summed E-state index contributed by atoms with van der Waals surface area (Å²) in [5.74, 6) is -0.0476. The molecule has 4 aromatic rings. The molecular weight excluding hydrogens is 291 g/mol. The third kappa shape index (κ3) is 1.78. The SMILES string of the molecule is Fc1ccccc1-c1nnc2c3ccccc3c(Cl)nn12. The summed E-state index contributed by atoms with van der Waals surface area (Å²) in [5, 5.41) is 14.4. The monoisotopic (exact) mass is 298 g/mol. The largest absolute Gasteiger partial charge is 0.206 e. The van der Waals surface area contributed by atoms with Crippen molar-refractivity contribution in [2.75, 3.05) is 0 Å². The summed E-state index contributed by atoms with van der Waals surface area (Å²) >= 11 is 6.21. The summed E-state index contributed by atoms with van der Waals surface area (Å²) in [6.45, 7) is 0. The van der Waals surface area contributed by atoms with Crippen LogP contribution in [0.3, 0.4) is 0 Å². The second kappa shape index (κ2) is 4.49. The van der Waals surface area contributed by atoms with Crippen molar-refractivity contribution in [3.05, 3.63) is 59.5 Å². The molecule has 0 bridgehead atoms. The summed E-state index contributed by atoms with van der Waals surface area (Å²) < 4.78 is 15.4. The minimum atomic E-state index is -0.377. The molecular formula is C15H8ClFN4. The Balaban J connectivity index is 2.12. The molecule has 2 aromatic carbocycles. The molecule has 0 fully saturated rings. The molecule has 4 nitrogen and oxygen atoms in total. The van der Waals surface area contributed by atoms with Gasteiger partial charge in [-0.05, 0) is 12.1 Å². The molecule has 0 aliphatic heterocycles. The molecule has 102 valence electrons. The first kappa shape index (κ1) is 12.2. The number of benzene rings is 2. The van der Waals surface area contributed by atoms with Gasteiger partial charge < -0.3 is 0 Å². The number of hydrogen-bond acceptors (Lipinski definition) is 3. The predicted octanol–water partition coefficient (Wildman–Crippen LogP) is 3.74. The molecule has 21 heavy (non-hydrogen) atoms. The zero-order valence-corrected chi connectivity index (χ0v) is 11.4. The van der Waals surface area contributed by atoms with Gasteiger partial charge in [0.15, 0.2) is 16.6 Å². The van der Waals surface area contributed by atoms with E-state index in [2.05, 4.69) is 15.3 Å². The van der Waals surface area contributed by atoms with Crippen LogP contribution in [0.4, 0.5) is 4.39 Å². The van der Waals surface area contributed by atoms with Crippen molar-refractivity contribution in [3.63, 3.8) is 0 Å². The summed E-state index contributed by atoms with van der Waals surface area (Å²) in [6.07, 6.45) is 0. The minimum absolute atomic E-state index is 0.329. The van der Waals surface area contributed by atoms with E-state index >= 15 is 0 Å². The number of hydrogen-bond donors (Lipinski definition) is 0. The highest BCUT2D eigenvalue weighted by Crippen LogP contribution is 2.27. The number of rotatable bonds is 1. The van der Waals surface area contributed by atoms with Crippen LogP contribution in [0.1, 0.15) is 0 Å². The lowest BCUT2D eigenvalue weighted by Gasteiger charge is -2.04. The molecule has 6 heteroatoms. The Bertz CT molecular complexity index is 980. The Kier molecular flexibility index (Phi) is 2.62. The molecule has 0 N–H and O–H groups in total. The van der Waals surface area contributed by atoms with Gasteiger partial charge in [0.05, 0.1) is 5.56 Å². The van der Waals surface area contributed by atoms with Gasteiger partial charge in [-0.25, -0.2) is 4.39 Å². The number of aromatic nitrogens is 4. The van der Waals surface area contributed by atoms with Crippen molar-refractivity contribution in [1.82, 2.24) is 19.8 Å². The average molecular weight is 299 g/mol. The van der Waals surface area contributed by atoms with Gasteiger partial charge in [-0.1, -0.05) is 48.0 Å². The maximum atomic E-state index is 14.0. The Morgan fingerprint density at radius 3 is 2.43 bits per heavy atom. The van der Waals surface area contributed by atoms with Crippen molar-refractivity contribution in [3.8, 4) is 11.4 Å². The average Bonchev–Trinajstić information content (AvgIpc) is 2.92. The second-order valence-corrected chi connectivity index (χ2v) is 4.93. The van der Waals surface area contributed by atoms with Gasteiger partial charge >= 0.3 is 0 Å². The first-order valence-electron chi connectivity index (χ1n) is 6.30. The van der Waals surface area contributed by atoms with Crippen LogP contribution in [0.25, 0.3) is 27.8 Å². The number of halogens is 2. The summed E-state index contributed by atoms with van der Waals surface area (Å²) in [5.41, 5.74) is 0.886.